The lowest BCUT2D eigenvalue weighted by atomic mass is 10.1. The number of carbonyl (C=O) groups is 2. The van der Waals surface area contributed by atoms with E-state index in [1.807, 2.05) is 43.5 Å². The number of nitrogens with one attached hydrogen (secondary N) is 1. The highest BCUT2D eigenvalue weighted by Gasteiger charge is 2.31. The van der Waals surface area contributed by atoms with Gasteiger partial charge in [0.25, 0.3) is 0 Å². The Labute approximate surface area is 182 Å². The molecule has 1 aliphatic carbocycles. The molecule has 1 amide bonds. The number of aryl methyl sites for hydroxylation is 1. The third-order valence-electron chi connectivity index (χ3n) is 5.01. The van der Waals surface area contributed by atoms with Gasteiger partial charge in [-0.25, -0.2) is 9.78 Å². The Morgan fingerprint density at radius 1 is 1.23 bits per heavy atom. The molecule has 0 aliphatic heterocycles. The molecule has 1 aliphatic rings. The maximum Gasteiger partial charge on any atom is 0.341 e. The van der Waals surface area contributed by atoms with Crippen molar-refractivity contribution in [3.05, 3.63) is 51.3 Å². The van der Waals surface area contributed by atoms with Crippen molar-refractivity contribution in [3.8, 4) is 16.3 Å². The highest BCUT2D eigenvalue weighted by Crippen LogP contribution is 2.36. The highest BCUT2D eigenvalue weighted by molar-refractivity contribution is 7.16. The number of esters is 1. The summed E-state index contributed by atoms with van der Waals surface area (Å²) in [5.74, 6) is 0.344. The fourth-order valence-electron chi connectivity index (χ4n) is 3.05. The van der Waals surface area contributed by atoms with Gasteiger partial charge in [0.05, 0.1) is 23.9 Å². The maximum atomic E-state index is 12.8. The lowest BCUT2D eigenvalue weighted by Gasteiger charge is -2.07. The standard InChI is InChI=1S/C22H22N2O4S2/c1-12-13(2)30-21(24-19(25)14-8-9-14)18(12)22(26)28-10-15-11-29-20(23-15)16-6-4-5-7-17(16)27-3/h4-7,11,14H,8-10H2,1-3H3,(H,24,25). The smallest absolute Gasteiger partial charge is 0.341 e. The van der Waals surface area contributed by atoms with E-state index in [-0.39, 0.29) is 18.4 Å². The Hall–Kier alpha value is -2.71. The number of carbonyl (C=O) groups excluding carboxylic acids is 2. The van der Waals surface area contributed by atoms with Crippen molar-refractivity contribution in [1.29, 1.82) is 0 Å². The summed E-state index contributed by atoms with van der Waals surface area (Å²) in [6.07, 6.45) is 1.82. The number of thiophene rings is 1. The molecule has 2 aromatic heterocycles. The van der Waals surface area contributed by atoms with Gasteiger partial charge in [0.15, 0.2) is 0 Å². The molecule has 1 saturated carbocycles. The van der Waals surface area contributed by atoms with Crippen LogP contribution >= 0.6 is 22.7 Å². The van der Waals surface area contributed by atoms with E-state index in [4.69, 9.17) is 9.47 Å². The fourth-order valence-corrected chi connectivity index (χ4v) is 4.94. The number of aromatic nitrogens is 1. The molecule has 8 heteroatoms. The van der Waals surface area contributed by atoms with Crippen molar-refractivity contribution < 1.29 is 19.1 Å². The van der Waals surface area contributed by atoms with Crippen LogP contribution in [-0.2, 0) is 16.1 Å². The van der Waals surface area contributed by atoms with Crippen LogP contribution in [-0.4, -0.2) is 24.0 Å². The van der Waals surface area contributed by atoms with Crippen molar-refractivity contribution in [2.45, 2.75) is 33.3 Å². The molecule has 3 aromatic rings. The van der Waals surface area contributed by atoms with Gasteiger partial charge in [0.2, 0.25) is 5.91 Å². The molecule has 0 unspecified atom stereocenters. The average molecular weight is 443 g/mol. The summed E-state index contributed by atoms with van der Waals surface area (Å²) in [6.45, 7) is 3.87. The van der Waals surface area contributed by atoms with E-state index in [9.17, 15) is 9.59 Å². The number of benzene rings is 1. The van der Waals surface area contributed by atoms with Gasteiger partial charge in [-0.05, 0) is 44.4 Å². The SMILES string of the molecule is COc1ccccc1-c1nc(COC(=O)c2c(NC(=O)C3CC3)sc(C)c2C)cs1. The lowest BCUT2D eigenvalue weighted by Crippen LogP contribution is -2.16. The number of anilines is 1. The summed E-state index contributed by atoms with van der Waals surface area (Å²) < 4.78 is 10.9. The summed E-state index contributed by atoms with van der Waals surface area (Å²) >= 11 is 2.88. The van der Waals surface area contributed by atoms with Gasteiger partial charge in [0.1, 0.15) is 22.4 Å². The first kappa shape index (κ1) is 20.6. The number of rotatable bonds is 7. The van der Waals surface area contributed by atoms with E-state index < -0.39 is 5.97 Å². The minimum Gasteiger partial charge on any atom is -0.496 e. The molecule has 4 rings (SSSR count). The van der Waals surface area contributed by atoms with Crippen LogP contribution in [0.15, 0.2) is 29.6 Å². The van der Waals surface area contributed by atoms with Crippen molar-refractivity contribution in [2.75, 3.05) is 12.4 Å². The average Bonchev–Trinajstić information content (AvgIpc) is 3.43. The number of hydrogen-bond donors (Lipinski definition) is 1. The second-order valence-electron chi connectivity index (χ2n) is 7.17. The first-order valence-corrected chi connectivity index (χ1v) is 11.3. The number of nitrogens with zero attached hydrogens (tertiary/aromatic N) is 1. The molecule has 1 fully saturated rings. The van der Waals surface area contributed by atoms with E-state index >= 15 is 0 Å². The van der Waals surface area contributed by atoms with Gasteiger partial charge in [-0.2, -0.15) is 0 Å². The predicted molar refractivity (Wildman–Crippen MR) is 118 cm³/mol. The number of thiazole rings is 1. The minimum absolute atomic E-state index is 0.0220. The van der Waals surface area contributed by atoms with Crippen molar-refractivity contribution in [3.63, 3.8) is 0 Å². The lowest BCUT2D eigenvalue weighted by molar-refractivity contribution is -0.117. The second-order valence-corrected chi connectivity index (χ2v) is 9.25. The van der Waals surface area contributed by atoms with Crippen LogP contribution in [0.2, 0.25) is 0 Å². The normalized spacial score (nSPS) is 13.2. The Morgan fingerprint density at radius 2 is 2.00 bits per heavy atom. The zero-order valence-electron chi connectivity index (χ0n) is 17.0. The Bertz CT molecular complexity index is 1100. The van der Waals surface area contributed by atoms with Crippen molar-refractivity contribution in [2.24, 2.45) is 5.92 Å². The molecular weight excluding hydrogens is 420 g/mol. The van der Waals surface area contributed by atoms with Crippen LogP contribution in [0, 0.1) is 19.8 Å². The molecule has 1 aromatic carbocycles. The quantitative estimate of drug-likeness (QED) is 0.509. The zero-order chi connectivity index (χ0) is 21.3. The molecule has 30 heavy (non-hydrogen) atoms. The van der Waals surface area contributed by atoms with E-state index in [0.717, 1.165) is 39.6 Å². The second kappa shape index (κ2) is 8.57. The summed E-state index contributed by atoms with van der Waals surface area (Å²) in [6, 6.07) is 7.66. The topological polar surface area (TPSA) is 77.5 Å². The molecule has 0 radical (unpaired) electrons. The van der Waals surface area contributed by atoms with Crippen molar-refractivity contribution >= 4 is 39.6 Å². The highest BCUT2D eigenvalue weighted by atomic mass is 32.1. The van der Waals surface area contributed by atoms with E-state index in [2.05, 4.69) is 10.3 Å². The Kier molecular flexibility index (Phi) is 5.87. The van der Waals surface area contributed by atoms with Gasteiger partial charge in [-0.1, -0.05) is 12.1 Å². The fraction of sp³-hybridized carbons (Fsp3) is 0.318. The monoisotopic (exact) mass is 442 g/mol. The Morgan fingerprint density at radius 3 is 2.73 bits per heavy atom. The summed E-state index contributed by atoms with van der Waals surface area (Å²) in [7, 11) is 1.62. The van der Waals surface area contributed by atoms with Crippen LogP contribution < -0.4 is 10.1 Å². The number of ether oxygens (including phenoxy) is 2. The molecule has 6 nitrogen and oxygen atoms in total. The molecule has 0 bridgehead atoms. The number of methoxy groups -OCH3 is 1. The molecule has 2 heterocycles. The first-order valence-electron chi connectivity index (χ1n) is 9.63. The van der Waals surface area contributed by atoms with E-state index in [1.165, 1.54) is 22.7 Å². The van der Waals surface area contributed by atoms with Crippen LogP contribution in [0.3, 0.4) is 0 Å². The molecule has 0 atom stereocenters. The summed E-state index contributed by atoms with van der Waals surface area (Å²) in [5, 5.41) is 6.15. The van der Waals surface area contributed by atoms with Gasteiger partial charge < -0.3 is 14.8 Å². The number of hydrogen-bond acceptors (Lipinski definition) is 7. The van der Waals surface area contributed by atoms with Gasteiger partial charge >= 0.3 is 5.97 Å². The molecule has 156 valence electrons. The van der Waals surface area contributed by atoms with Crippen LogP contribution in [0.1, 0.15) is 39.3 Å². The maximum absolute atomic E-state index is 12.8. The third-order valence-corrected chi connectivity index (χ3v) is 7.06. The van der Waals surface area contributed by atoms with Crippen LogP contribution in [0.4, 0.5) is 5.00 Å². The zero-order valence-corrected chi connectivity index (χ0v) is 18.6. The molecular formula is C22H22N2O4S2. The third kappa shape index (κ3) is 4.24. The van der Waals surface area contributed by atoms with Crippen LogP contribution in [0.5, 0.6) is 5.75 Å². The van der Waals surface area contributed by atoms with Crippen molar-refractivity contribution in [1.82, 2.24) is 4.98 Å². The predicted octanol–water partition coefficient (Wildman–Crippen LogP) is 5.20. The van der Waals surface area contributed by atoms with Gasteiger partial charge in [0, 0.05) is 16.2 Å². The van der Waals surface area contributed by atoms with E-state index in [1.54, 1.807) is 7.11 Å². The Balaban J connectivity index is 1.47. The summed E-state index contributed by atoms with van der Waals surface area (Å²) in [5.41, 5.74) is 2.84. The molecule has 1 N–H and O–H groups in total. The molecule has 0 spiro atoms. The van der Waals surface area contributed by atoms with Crippen LogP contribution in [0.25, 0.3) is 10.6 Å². The summed E-state index contributed by atoms with van der Waals surface area (Å²) in [4.78, 5) is 30.5. The molecule has 0 saturated heterocycles. The first-order chi connectivity index (χ1) is 14.5. The largest absolute Gasteiger partial charge is 0.496 e. The van der Waals surface area contributed by atoms with E-state index in [0.29, 0.717) is 16.3 Å². The van der Waals surface area contributed by atoms with Gasteiger partial charge in [-0.3, -0.25) is 4.79 Å². The number of amides is 1. The minimum atomic E-state index is -0.449. The van der Waals surface area contributed by atoms with Gasteiger partial charge in [-0.15, -0.1) is 22.7 Å². The number of para-hydroxylation sites is 1.